The standard InChI is InChI=1S/C12H7FN2O4S2/c13-9-2-1-8(5-7(9)6-14)15-21(18,19)11-4-3-10(20-11)12(16)17/h1-5,15H,(H,16,17). The van der Waals surface area contributed by atoms with Crippen LogP contribution in [0.1, 0.15) is 15.2 Å². The lowest BCUT2D eigenvalue weighted by Gasteiger charge is -2.06. The van der Waals surface area contributed by atoms with Crippen LogP contribution in [0, 0.1) is 17.1 Å². The summed E-state index contributed by atoms with van der Waals surface area (Å²) in [7, 11) is -3.99. The van der Waals surface area contributed by atoms with E-state index in [1.807, 2.05) is 0 Å². The number of hydrogen-bond donors (Lipinski definition) is 2. The van der Waals surface area contributed by atoms with E-state index in [0.717, 1.165) is 18.2 Å². The molecule has 0 unspecified atom stereocenters. The Morgan fingerprint density at radius 2 is 2.05 bits per heavy atom. The number of carboxylic acid groups (broad SMARTS) is 1. The topological polar surface area (TPSA) is 107 Å². The van der Waals surface area contributed by atoms with Gasteiger partial charge >= 0.3 is 5.97 Å². The van der Waals surface area contributed by atoms with Crippen molar-refractivity contribution in [1.29, 1.82) is 5.26 Å². The molecule has 0 aliphatic carbocycles. The third-order valence-electron chi connectivity index (χ3n) is 2.40. The molecule has 9 heteroatoms. The fourth-order valence-electron chi connectivity index (χ4n) is 1.46. The van der Waals surface area contributed by atoms with E-state index >= 15 is 0 Å². The Kier molecular flexibility index (Phi) is 3.93. The molecule has 0 saturated heterocycles. The maximum atomic E-state index is 13.2. The number of anilines is 1. The zero-order chi connectivity index (χ0) is 15.6. The summed E-state index contributed by atoms with van der Waals surface area (Å²) in [6.45, 7) is 0. The van der Waals surface area contributed by atoms with Crippen LogP contribution in [-0.4, -0.2) is 19.5 Å². The molecule has 0 bridgehead atoms. The fraction of sp³-hybridized carbons (Fsp3) is 0. The molecule has 0 amide bonds. The van der Waals surface area contributed by atoms with Crippen LogP contribution in [0.4, 0.5) is 10.1 Å². The van der Waals surface area contributed by atoms with E-state index in [9.17, 15) is 17.6 Å². The van der Waals surface area contributed by atoms with Crippen LogP contribution in [-0.2, 0) is 10.0 Å². The van der Waals surface area contributed by atoms with Crippen molar-refractivity contribution in [3.8, 4) is 6.07 Å². The Morgan fingerprint density at radius 3 is 2.62 bits per heavy atom. The minimum Gasteiger partial charge on any atom is -0.477 e. The number of halogens is 1. The van der Waals surface area contributed by atoms with E-state index in [0.29, 0.717) is 11.3 Å². The summed E-state index contributed by atoms with van der Waals surface area (Å²) in [6.07, 6.45) is 0. The van der Waals surface area contributed by atoms with E-state index in [-0.39, 0.29) is 20.3 Å². The molecule has 1 heterocycles. The summed E-state index contributed by atoms with van der Waals surface area (Å²) in [6, 6.07) is 7.11. The average molecular weight is 326 g/mol. The fourth-order valence-corrected chi connectivity index (χ4v) is 3.65. The number of carboxylic acids is 1. The van der Waals surface area contributed by atoms with Gasteiger partial charge in [-0.1, -0.05) is 0 Å². The van der Waals surface area contributed by atoms with Gasteiger partial charge in [-0.05, 0) is 30.3 Å². The van der Waals surface area contributed by atoms with Crippen LogP contribution in [0.3, 0.4) is 0 Å². The van der Waals surface area contributed by atoms with Gasteiger partial charge in [-0.25, -0.2) is 17.6 Å². The molecule has 108 valence electrons. The maximum Gasteiger partial charge on any atom is 0.345 e. The van der Waals surface area contributed by atoms with Gasteiger partial charge in [0.2, 0.25) is 0 Å². The summed E-state index contributed by atoms with van der Waals surface area (Å²) in [5.41, 5.74) is -0.286. The number of benzene rings is 1. The Bertz CT molecular complexity index is 852. The average Bonchev–Trinajstić information content (AvgIpc) is 2.91. The lowest BCUT2D eigenvalue weighted by atomic mass is 10.2. The molecule has 0 aliphatic rings. The molecule has 0 radical (unpaired) electrons. The normalized spacial score (nSPS) is 10.9. The van der Waals surface area contributed by atoms with Crippen molar-refractivity contribution in [3.05, 3.63) is 46.6 Å². The number of nitrogens with zero attached hydrogens (tertiary/aromatic N) is 1. The zero-order valence-corrected chi connectivity index (χ0v) is 11.8. The van der Waals surface area contributed by atoms with Gasteiger partial charge in [0.15, 0.2) is 0 Å². The summed E-state index contributed by atoms with van der Waals surface area (Å²) in [5, 5.41) is 17.5. The highest BCUT2D eigenvalue weighted by Gasteiger charge is 2.19. The van der Waals surface area contributed by atoms with Crippen molar-refractivity contribution >= 4 is 33.0 Å². The molecule has 1 aromatic carbocycles. The number of rotatable bonds is 4. The quantitative estimate of drug-likeness (QED) is 0.896. The van der Waals surface area contributed by atoms with Gasteiger partial charge in [0, 0.05) is 0 Å². The number of aromatic carboxylic acids is 1. The largest absolute Gasteiger partial charge is 0.477 e. The Balaban J connectivity index is 2.33. The Labute approximate surface area is 123 Å². The highest BCUT2D eigenvalue weighted by atomic mass is 32.2. The van der Waals surface area contributed by atoms with Gasteiger partial charge in [0.1, 0.15) is 21.0 Å². The molecule has 0 atom stereocenters. The molecule has 6 nitrogen and oxygen atoms in total. The van der Waals surface area contributed by atoms with Crippen molar-refractivity contribution in [2.24, 2.45) is 0 Å². The molecular weight excluding hydrogens is 319 g/mol. The van der Waals surface area contributed by atoms with Gasteiger partial charge in [0.25, 0.3) is 10.0 Å². The highest BCUT2D eigenvalue weighted by Crippen LogP contribution is 2.24. The first kappa shape index (κ1) is 15.0. The molecule has 1 aromatic heterocycles. The van der Waals surface area contributed by atoms with Crippen molar-refractivity contribution in [2.45, 2.75) is 4.21 Å². The second-order valence-electron chi connectivity index (χ2n) is 3.84. The number of thiophene rings is 1. The van der Waals surface area contributed by atoms with Crippen LogP contribution in [0.15, 0.2) is 34.5 Å². The molecule has 0 fully saturated rings. The van der Waals surface area contributed by atoms with Gasteiger partial charge < -0.3 is 5.11 Å². The Morgan fingerprint density at radius 1 is 1.33 bits per heavy atom. The van der Waals surface area contributed by atoms with E-state index in [1.165, 1.54) is 12.1 Å². The minimum absolute atomic E-state index is 0.0122. The van der Waals surface area contributed by atoms with E-state index < -0.39 is 21.8 Å². The predicted octanol–water partition coefficient (Wildman–Crippen LogP) is 2.26. The van der Waals surface area contributed by atoms with E-state index in [2.05, 4.69) is 4.72 Å². The van der Waals surface area contributed by atoms with E-state index in [4.69, 9.17) is 10.4 Å². The summed E-state index contributed by atoms with van der Waals surface area (Å²) in [5.74, 6) is -1.99. The van der Waals surface area contributed by atoms with Gasteiger partial charge in [-0.15, -0.1) is 11.3 Å². The monoisotopic (exact) mass is 326 g/mol. The smallest absolute Gasteiger partial charge is 0.345 e. The van der Waals surface area contributed by atoms with Gasteiger partial charge in [-0.3, -0.25) is 4.72 Å². The maximum absolute atomic E-state index is 13.2. The lowest BCUT2D eigenvalue weighted by Crippen LogP contribution is -2.11. The minimum atomic E-state index is -3.99. The van der Waals surface area contributed by atoms with Gasteiger partial charge in [-0.2, -0.15) is 5.26 Å². The van der Waals surface area contributed by atoms with Crippen molar-refractivity contribution in [2.75, 3.05) is 4.72 Å². The summed E-state index contributed by atoms with van der Waals surface area (Å²) >= 11 is 0.591. The molecule has 0 aliphatic heterocycles. The van der Waals surface area contributed by atoms with Crippen LogP contribution in [0.5, 0.6) is 0 Å². The third kappa shape index (κ3) is 3.18. The number of carbonyl (C=O) groups is 1. The molecule has 2 aromatic rings. The highest BCUT2D eigenvalue weighted by molar-refractivity contribution is 7.94. The molecule has 21 heavy (non-hydrogen) atoms. The number of nitriles is 1. The second kappa shape index (κ2) is 5.51. The summed E-state index contributed by atoms with van der Waals surface area (Å²) in [4.78, 5) is 10.6. The second-order valence-corrected chi connectivity index (χ2v) is 6.83. The number of nitrogens with one attached hydrogen (secondary N) is 1. The lowest BCUT2D eigenvalue weighted by molar-refractivity contribution is 0.0702. The molecular formula is C12H7FN2O4S2. The SMILES string of the molecule is N#Cc1cc(NS(=O)(=O)c2ccc(C(=O)O)s2)ccc1F. The molecule has 0 saturated carbocycles. The first-order chi connectivity index (χ1) is 9.83. The number of sulfonamides is 1. The third-order valence-corrected chi connectivity index (χ3v) is 5.34. The first-order valence-electron chi connectivity index (χ1n) is 5.39. The molecule has 2 rings (SSSR count). The van der Waals surface area contributed by atoms with Crippen LogP contribution in [0.2, 0.25) is 0 Å². The van der Waals surface area contributed by atoms with Crippen LogP contribution < -0.4 is 4.72 Å². The van der Waals surface area contributed by atoms with Crippen LogP contribution >= 0.6 is 11.3 Å². The van der Waals surface area contributed by atoms with Crippen molar-refractivity contribution < 1.29 is 22.7 Å². The molecule has 0 spiro atoms. The summed E-state index contributed by atoms with van der Waals surface area (Å²) < 4.78 is 39.2. The first-order valence-corrected chi connectivity index (χ1v) is 7.69. The predicted molar refractivity (Wildman–Crippen MR) is 73.2 cm³/mol. The zero-order valence-electron chi connectivity index (χ0n) is 10.2. The number of hydrogen-bond acceptors (Lipinski definition) is 5. The van der Waals surface area contributed by atoms with Crippen LogP contribution in [0.25, 0.3) is 0 Å². The molecule has 2 N–H and O–H groups in total. The van der Waals surface area contributed by atoms with Gasteiger partial charge in [0.05, 0.1) is 11.3 Å². The van der Waals surface area contributed by atoms with E-state index in [1.54, 1.807) is 6.07 Å². The Hall–Kier alpha value is -2.44. The van der Waals surface area contributed by atoms with Crippen molar-refractivity contribution in [1.82, 2.24) is 0 Å². The van der Waals surface area contributed by atoms with Crippen molar-refractivity contribution in [3.63, 3.8) is 0 Å².